The number of benzene rings is 4. The van der Waals surface area contributed by atoms with Crippen molar-refractivity contribution in [2.75, 3.05) is 0 Å². The minimum atomic E-state index is -2.03. The first kappa shape index (κ1) is 34.0. The first-order valence-electron chi connectivity index (χ1n) is 19.0. The van der Waals surface area contributed by atoms with Crippen molar-refractivity contribution in [3.63, 3.8) is 0 Å². The third-order valence-corrected chi connectivity index (χ3v) is 16.6. The van der Waals surface area contributed by atoms with Crippen LogP contribution in [0.4, 0.5) is 0 Å². The highest BCUT2D eigenvalue weighted by atomic mass is 28.3. The van der Waals surface area contributed by atoms with Crippen molar-refractivity contribution in [1.29, 1.82) is 0 Å². The Balaban J connectivity index is 1.35. The van der Waals surface area contributed by atoms with Crippen molar-refractivity contribution >= 4 is 20.2 Å². The van der Waals surface area contributed by atoms with Gasteiger partial charge in [0.15, 0.2) is 0 Å². The molecule has 0 nitrogen and oxygen atoms in total. The number of fused-ring (bicyclic) bond motifs is 3. The molecule has 3 aliphatic rings. The molecule has 0 heterocycles. The summed E-state index contributed by atoms with van der Waals surface area (Å²) in [5.74, 6) is 0.505. The Hall–Kier alpha value is -3.42. The van der Waals surface area contributed by atoms with Gasteiger partial charge in [0.05, 0.1) is 8.07 Å². The largest absolute Gasteiger partial charge is 0.0722 e. The number of hydrogen-bond donors (Lipinski definition) is 0. The van der Waals surface area contributed by atoms with Crippen LogP contribution in [0.3, 0.4) is 0 Å². The van der Waals surface area contributed by atoms with Crippen LogP contribution in [0, 0.1) is 5.92 Å². The minimum absolute atomic E-state index is 0.153. The van der Waals surface area contributed by atoms with Crippen LogP contribution in [0.25, 0.3) is 34.4 Å². The molecule has 3 aliphatic carbocycles. The molecule has 49 heavy (non-hydrogen) atoms. The smallest absolute Gasteiger partial charge is 0.0679 e. The Labute approximate surface area is 298 Å². The Bertz CT molecular complexity index is 1960. The number of allylic oxidation sites excluding steroid dienone is 2. The maximum absolute atomic E-state index is 2.71. The zero-order chi connectivity index (χ0) is 35.0. The second kappa shape index (κ2) is 12.1. The Morgan fingerprint density at radius 3 is 1.84 bits per heavy atom. The van der Waals surface area contributed by atoms with E-state index in [0.29, 0.717) is 17.0 Å². The summed E-state index contributed by atoms with van der Waals surface area (Å²) < 4.78 is 0. The van der Waals surface area contributed by atoms with Crippen LogP contribution in [-0.2, 0) is 23.7 Å². The van der Waals surface area contributed by atoms with Gasteiger partial charge in [-0.2, -0.15) is 0 Å². The van der Waals surface area contributed by atoms with Crippen LogP contribution < -0.4 is 0 Å². The van der Waals surface area contributed by atoms with E-state index in [0.717, 1.165) is 0 Å². The quantitative estimate of drug-likeness (QED) is 0.187. The van der Waals surface area contributed by atoms with Crippen molar-refractivity contribution in [2.45, 2.75) is 123 Å². The Morgan fingerprint density at radius 2 is 1.24 bits per heavy atom. The fourth-order valence-electron chi connectivity index (χ4n) is 9.67. The average Bonchev–Trinajstić information content (AvgIpc) is 3.61. The predicted molar refractivity (Wildman–Crippen MR) is 217 cm³/mol. The third-order valence-electron chi connectivity index (χ3n) is 12.2. The maximum atomic E-state index is 2.71. The molecule has 0 N–H and O–H groups in total. The van der Waals surface area contributed by atoms with Gasteiger partial charge in [0.1, 0.15) is 0 Å². The third kappa shape index (κ3) is 5.85. The molecule has 4 aromatic rings. The molecular weight excluding hydrogens is 605 g/mol. The molecule has 0 radical (unpaired) electrons. The normalized spacial score (nSPS) is 19.0. The van der Waals surface area contributed by atoms with Crippen molar-refractivity contribution in [2.24, 2.45) is 5.92 Å². The molecule has 0 amide bonds. The lowest BCUT2D eigenvalue weighted by atomic mass is 9.80. The molecule has 0 aliphatic heterocycles. The van der Waals surface area contributed by atoms with E-state index in [4.69, 9.17) is 0 Å². The van der Waals surface area contributed by atoms with E-state index in [9.17, 15) is 0 Å². The van der Waals surface area contributed by atoms with Crippen LogP contribution in [0.1, 0.15) is 131 Å². The Kier molecular flexibility index (Phi) is 8.42. The van der Waals surface area contributed by atoms with Gasteiger partial charge >= 0.3 is 0 Å². The SMILES string of the molecule is CC1=Cc2c(cc3c(c2-c2ccc(C(C)(C)C)cc2)CCCC3)C1[Si](C)(C)C1C(C(C)C)=Cc2c(-c3ccc(C(C)(C)C)cc3)cccc21. The van der Waals surface area contributed by atoms with Crippen molar-refractivity contribution < 1.29 is 0 Å². The van der Waals surface area contributed by atoms with Gasteiger partial charge in [-0.05, 0) is 116 Å². The molecule has 0 bridgehead atoms. The van der Waals surface area contributed by atoms with Crippen molar-refractivity contribution in [3.05, 3.63) is 128 Å². The molecule has 0 fully saturated rings. The summed E-state index contributed by atoms with van der Waals surface area (Å²) in [5.41, 5.74) is 22.4. The van der Waals surface area contributed by atoms with Gasteiger partial charge in [0.25, 0.3) is 0 Å². The van der Waals surface area contributed by atoms with Gasteiger partial charge < -0.3 is 0 Å². The summed E-state index contributed by atoms with van der Waals surface area (Å²) >= 11 is 0. The zero-order valence-corrected chi connectivity index (χ0v) is 33.1. The molecule has 254 valence electrons. The molecule has 1 heteroatoms. The highest BCUT2D eigenvalue weighted by molar-refractivity contribution is 6.81. The van der Waals surface area contributed by atoms with Gasteiger partial charge in [-0.25, -0.2) is 0 Å². The van der Waals surface area contributed by atoms with E-state index in [1.54, 1.807) is 33.4 Å². The van der Waals surface area contributed by atoms with E-state index in [-0.39, 0.29) is 10.8 Å². The number of rotatable bonds is 5. The van der Waals surface area contributed by atoms with Gasteiger partial charge in [-0.3, -0.25) is 0 Å². The first-order valence-corrected chi connectivity index (χ1v) is 22.2. The highest BCUT2D eigenvalue weighted by Crippen LogP contribution is 2.56. The summed E-state index contributed by atoms with van der Waals surface area (Å²) in [6, 6.07) is 28.8. The fraction of sp³-hybridized carbons (Fsp3) is 0.417. The summed E-state index contributed by atoms with van der Waals surface area (Å²) in [5, 5.41) is 0. The Morgan fingerprint density at radius 1 is 0.653 bits per heavy atom. The summed E-state index contributed by atoms with van der Waals surface area (Å²) in [7, 11) is -2.03. The predicted octanol–water partition coefficient (Wildman–Crippen LogP) is 13.6. The monoisotopic (exact) mass is 662 g/mol. The molecule has 4 aromatic carbocycles. The molecule has 2 atom stereocenters. The van der Waals surface area contributed by atoms with Crippen LogP contribution in [-0.4, -0.2) is 8.07 Å². The molecule has 0 saturated heterocycles. The fourth-order valence-corrected chi connectivity index (χ4v) is 14.6. The zero-order valence-electron chi connectivity index (χ0n) is 32.1. The maximum Gasteiger partial charge on any atom is 0.0722 e. The minimum Gasteiger partial charge on any atom is -0.0679 e. The van der Waals surface area contributed by atoms with Crippen LogP contribution in [0.2, 0.25) is 13.1 Å². The lowest BCUT2D eigenvalue weighted by molar-refractivity contribution is 0.590. The number of hydrogen-bond acceptors (Lipinski definition) is 0. The van der Waals surface area contributed by atoms with Crippen molar-refractivity contribution in [3.8, 4) is 22.3 Å². The van der Waals surface area contributed by atoms with Crippen molar-refractivity contribution in [1.82, 2.24) is 0 Å². The molecular formula is C48H58Si. The van der Waals surface area contributed by atoms with Crippen LogP contribution >= 0.6 is 0 Å². The van der Waals surface area contributed by atoms with E-state index in [1.165, 1.54) is 70.2 Å². The van der Waals surface area contributed by atoms with Crippen LogP contribution in [0.15, 0.2) is 83.9 Å². The summed E-state index contributed by atoms with van der Waals surface area (Å²) in [6.07, 6.45) is 10.2. The summed E-state index contributed by atoms with van der Waals surface area (Å²) in [4.78, 5) is 0. The second-order valence-electron chi connectivity index (χ2n) is 18.4. The van der Waals surface area contributed by atoms with E-state index in [1.807, 2.05) is 0 Å². The molecule has 2 unspecified atom stereocenters. The van der Waals surface area contributed by atoms with E-state index < -0.39 is 8.07 Å². The summed E-state index contributed by atoms with van der Waals surface area (Å²) in [6.45, 7) is 26.6. The van der Waals surface area contributed by atoms with E-state index in [2.05, 4.69) is 160 Å². The lowest BCUT2D eigenvalue weighted by Gasteiger charge is -2.41. The molecule has 7 rings (SSSR count). The first-order chi connectivity index (χ1) is 23.1. The standard InChI is InChI=1S/C48H58Si/c1-30(2)40-29-41-37(32-19-23-35(24-20-32)47(4,5)6)17-14-18-39(41)46(40)49(10,11)45-31(3)27-42-43(45)28-34-15-12-13-16-38(34)44(42)33-21-25-36(26-22-33)48(7,8)9/h14,17-30,45-46H,12-13,15-16H2,1-11H3. The van der Waals surface area contributed by atoms with Crippen LogP contribution in [0.5, 0.6) is 0 Å². The van der Waals surface area contributed by atoms with E-state index >= 15 is 0 Å². The topological polar surface area (TPSA) is 0 Å². The highest BCUT2D eigenvalue weighted by Gasteiger charge is 2.49. The van der Waals surface area contributed by atoms with Gasteiger partial charge in [0, 0.05) is 11.1 Å². The second-order valence-corrected chi connectivity index (χ2v) is 23.2. The lowest BCUT2D eigenvalue weighted by Crippen LogP contribution is -2.43. The number of aryl methyl sites for hydroxylation is 1. The molecule has 0 saturated carbocycles. The van der Waals surface area contributed by atoms with Gasteiger partial charge in [-0.1, -0.05) is 165 Å². The average molecular weight is 663 g/mol. The van der Waals surface area contributed by atoms with Gasteiger partial charge in [0.2, 0.25) is 0 Å². The molecule has 0 aromatic heterocycles. The van der Waals surface area contributed by atoms with Gasteiger partial charge in [-0.15, -0.1) is 0 Å². The molecule has 0 spiro atoms.